The van der Waals surface area contributed by atoms with Gasteiger partial charge in [-0.3, -0.25) is 0 Å². The minimum atomic E-state index is -3.60. The summed E-state index contributed by atoms with van der Waals surface area (Å²) in [6.07, 6.45) is 1.89. The van der Waals surface area contributed by atoms with E-state index in [4.69, 9.17) is 10.5 Å². The third-order valence-corrected chi connectivity index (χ3v) is 4.02. The van der Waals surface area contributed by atoms with E-state index in [1.165, 1.54) is 10.9 Å². The van der Waals surface area contributed by atoms with Crippen molar-refractivity contribution in [3.8, 4) is 0 Å². The van der Waals surface area contributed by atoms with Crippen LogP contribution < -0.4 is 10.5 Å². The lowest BCUT2D eigenvalue weighted by Crippen LogP contribution is -2.26. The van der Waals surface area contributed by atoms with E-state index < -0.39 is 10.0 Å². The molecule has 1 heterocycles. The molecule has 0 radical (unpaired) electrons. The third-order valence-electron chi connectivity index (χ3n) is 2.54. The van der Waals surface area contributed by atoms with Crippen molar-refractivity contribution < 1.29 is 13.2 Å². The minimum absolute atomic E-state index is 0.0157. The van der Waals surface area contributed by atoms with E-state index in [-0.39, 0.29) is 16.8 Å². The highest BCUT2D eigenvalue weighted by molar-refractivity contribution is 7.89. The van der Waals surface area contributed by atoms with Crippen LogP contribution in [0.5, 0.6) is 0 Å². The monoisotopic (exact) mass is 290 g/mol. The van der Waals surface area contributed by atoms with Crippen LogP contribution in [0.4, 0.5) is 5.82 Å². The van der Waals surface area contributed by atoms with Crippen LogP contribution in [0.15, 0.2) is 11.1 Å². The van der Waals surface area contributed by atoms with Gasteiger partial charge in [-0.05, 0) is 27.2 Å². The molecule has 0 aliphatic heterocycles. The van der Waals surface area contributed by atoms with Crippen molar-refractivity contribution in [2.45, 2.75) is 38.1 Å². The Morgan fingerprint density at radius 3 is 2.74 bits per heavy atom. The lowest BCUT2D eigenvalue weighted by Gasteiger charge is -2.09. The molecule has 0 aliphatic rings. The molecule has 0 spiro atoms. The average molecular weight is 290 g/mol. The number of nitrogens with zero attached hydrogens (tertiary/aromatic N) is 2. The Bertz CT molecular complexity index is 496. The molecule has 0 fully saturated rings. The van der Waals surface area contributed by atoms with Gasteiger partial charge < -0.3 is 10.5 Å². The number of rotatable bonds is 8. The van der Waals surface area contributed by atoms with Gasteiger partial charge in [-0.15, -0.1) is 0 Å². The maximum Gasteiger partial charge on any atom is 0.245 e. The second kappa shape index (κ2) is 6.88. The molecule has 0 saturated carbocycles. The van der Waals surface area contributed by atoms with E-state index in [0.717, 1.165) is 0 Å². The quantitative estimate of drug-likeness (QED) is 0.688. The van der Waals surface area contributed by atoms with Crippen molar-refractivity contribution in [3.63, 3.8) is 0 Å². The Kier molecular flexibility index (Phi) is 5.77. The van der Waals surface area contributed by atoms with Gasteiger partial charge in [0, 0.05) is 25.8 Å². The molecule has 0 bridgehead atoms. The predicted molar refractivity (Wildman–Crippen MR) is 73.3 cm³/mol. The van der Waals surface area contributed by atoms with Crippen LogP contribution in [-0.4, -0.2) is 38.0 Å². The van der Waals surface area contributed by atoms with Crippen molar-refractivity contribution in [1.29, 1.82) is 0 Å². The van der Waals surface area contributed by atoms with Gasteiger partial charge >= 0.3 is 0 Å². The van der Waals surface area contributed by atoms with Gasteiger partial charge in [0.2, 0.25) is 10.0 Å². The summed E-state index contributed by atoms with van der Waals surface area (Å²) in [5, 5.41) is 3.99. The smallest absolute Gasteiger partial charge is 0.245 e. The van der Waals surface area contributed by atoms with Crippen LogP contribution >= 0.6 is 0 Å². The molecule has 1 aromatic rings. The standard InChI is InChI=1S/C11H22N4O3S/c1-4-18-7-5-6-14-19(16,17)10-8-13-15(9(2)3)11(10)12/h8-9,14H,4-7,12H2,1-3H3. The first-order valence-electron chi connectivity index (χ1n) is 6.30. The molecule has 1 aromatic heterocycles. The first-order chi connectivity index (χ1) is 8.90. The molecule has 0 atom stereocenters. The third kappa shape index (κ3) is 4.19. The lowest BCUT2D eigenvalue weighted by molar-refractivity contribution is 0.146. The predicted octanol–water partition coefficient (Wildman–Crippen LogP) is 0.751. The minimum Gasteiger partial charge on any atom is -0.383 e. The lowest BCUT2D eigenvalue weighted by atomic mass is 10.4. The van der Waals surface area contributed by atoms with Crippen LogP contribution in [0, 0.1) is 0 Å². The summed E-state index contributed by atoms with van der Waals surface area (Å²) in [5.41, 5.74) is 5.80. The molecule has 0 unspecified atom stereocenters. The SMILES string of the molecule is CCOCCCNS(=O)(=O)c1cnn(C(C)C)c1N. The number of hydrogen-bond donors (Lipinski definition) is 2. The van der Waals surface area contributed by atoms with Crippen LogP contribution in [0.25, 0.3) is 0 Å². The fourth-order valence-corrected chi connectivity index (χ4v) is 2.70. The van der Waals surface area contributed by atoms with Gasteiger partial charge in [0.25, 0.3) is 0 Å². The molecule has 3 N–H and O–H groups in total. The second-order valence-corrected chi connectivity index (χ2v) is 6.12. The zero-order valence-corrected chi connectivity index (χ0v) is 12.4. The Balaban J connectivity index is 2.67. The number of aromatic nitrogens is 2. The highest BCUT2D eigenvalue weighted by Crippen LogP contribution is 2.20. The first kappa shape index (κ1) is 15.9. The van der Waals surface area contributed by atoms with Gasteiger partial charge in [0.1, 0.15) is 10.7 Å². The van der Waals surface area contributed by atoms with Crippen molar-refractivity contribution in [3.05, 3.63) is 6.20 Å². The molecular weight excluding hydrogens is 268 g/mol. The van der Waals surface area contributed by atoms with E-state index in [1.54, 1.807) is 0 Å². The molecular formula is C11H22N4O3S. The van der Waals surface area contributed by atoms with Gasteiger partial charge in [0.05, 0.1) is 6.20 Å². The van der Waals surface area contributed by atoms with Crippen molar-refractivity contribution in [1.82, 2.24) is 14.5 Å². The summed E-state index contributed by atoms with van der Waals surface area (Å²) in [4.78, 5) is 0.0256. The van der Waals surface area contributed by atoms with Gasteiger partial charge in [-0.2, -0.15) is 5.10 Å². The average Bonchev–Trinajstić information content (AvgIpc) is 2.71. The molecule has 110 valence electrons. The fourth-order valence-electron chi connectivity index (χ4n) is 1.58. The van der Waals surface area contributed by atoms with Gasteiger partial charge in [0.15, 0.2) is 0 Å². The van der Waals surface area contributed by atoms with Gasteiger partial charge in [-0.1, -0.05) is 0 Å². The van der Waals surface area contributed by atoms with Crippen LogP contribution in [0.3, 0.4) is 0 Å². The van der Waals surface area contributed by atoms with E-state index in [1.807, 2.05) is 20.8 Å². The highest BCUT2D eigenvalue weighted by Gasteiger charge is 2.21. The molecule has 0 saturated heterocycles. The zero-order chi connectivity index (χ0) is 14.5. The number of nitrogens with one attached hydrogen (secondary N) is 1. The maximum atomic E-state index is 12.0. The largest absolute Gasteiger partial charge is 0.383 e. The van der Waals surface area contributed by atoms with E-state index >= 15 is 0 Å². The second-order valence-electron chi connectivity index (χ2n) is 4.38. The normalized spacial score (nSPS) is 12.2. The number of hydrogen-bond acceptors (Lipinski definition) is 5. The van der Waals surface area contributed by atoms with Crippen molar-refractivity contribution in [2.75, 3.05) is 25.5 Å². The molecule has 19 heavy (non-hydrogen) atoms. The van der Waals surface area contributed by atoms with E-state index in [2.05, 4.69) is 9.82 Å². The summed E-state index contributed by atoms with van der Waals surface area (Å²) in [6, 6.07) is 0.0157. The summed E-state index contributed by atoms with van der Waals surface area (Å²) in [5.74, 6) is 0.160. The Morgan fingerprint density at radius 1 is 1.53 bits per heavy atom. The molecule has 8 heteroatoms. The van der Waals surface area contributed by atoms with E-state index in [0.29, 0.717) is 26.2 Å². The van der Waals surface area contributed by atoms with Gasteiger partial charge in [-0.25, -0.2) is 17.8 Å². The van der Waals surface area contributed by atoms with Crippen molar-refractivity contribution >= 4 is 15.8 Å². The number of anilines is 1. The summed E-state index contributed by atoms with van der Waals surface area (Å²) < 4.78 is 33.2. The summed E-state index contributed by atoms with van der Waals surface area (Å²) in [6.45, 7) is 7.13. The molecule has 0 amide bonds. The number of ether oxygens (including phenoxy) is 1. The van der Waals surface area contributed by atoms with Crippen molar-refractivity contribution in [2.24, 2.45) is 0 Å². The topological polar surface area (TPSA) is 99.2 Å². The highest BCUT2D eigenvalue weighted by atomic mass is 32.2. The fraction of sp³-hybridized carbons (Fsp3) is 0.727. The maximum absolute atomic E-state index is 12.0. The number of sulfonamides is 1. The van der Waals surface area contributed by atoms with Crippen LogP contribution in [-0.2, 0) is 14.8 Å². The zero-order valence-electron chi connectivity index (χ0n) is 11.6. The Hall–Kier alpha value is -1.12. The van der Waals surface area contributed by atoms with Crippen LogP contribution in [0.1, 0.15) is 33.2 Å². The summed E-state index contributed by atoms with van der Waals surface area (Å²) in [7, 11) is -3.60. The molecule has 7 nitrogen and oxygen atoms in total. The number of nitrogens with two attached hydrogens (primary N) is 1. The van der Waals surface area contributed by atoms with Crippen LogP contribution in [0.2, 0.25) is 0 Å². The molecule has 0 aromatic carbocycles. The molecule has 0 aliphatic carbocycles. The Labute approximate surface area is 114 Å². The Morgan fingerprint density at radius 2 is 2.21 bits per heavy atom. The summed E-state index contributed by atoms with van der Waals surface area (Å²) >= 11 is 0. The molecule has 1 rings (SSSR count). The number of nitrogen functional groups attached to an aromatic ring is 1. The first-order valence-corrected chi connectivity index (χ1v) is 7.78. The van der Waals surface area contributed by atoms with E-state index in [9.17, 15) is 8.42 Å².